The van der Waals surface area contributed by atoms with Crippen molar-refractivity contribution in [1.29, 1.82) is 0 Å². The van der Waals surface area contributed by atoms with Gasteiger partial charge in [0.05, 0.1) is 17.6 Å². The Bertz CT molecular complexity index is 690. The van der Waals surface area contributed by atoms with Crippen LogP contribution in [0.4, 0.5) is 16.3 Å². The Hall–Kier alpha value is -1.83. The molecule has 0 N–H and O–H groups in total. The SMILES string of the molecule is CC1CCN(C(=O)N2CCSC2)CC1N(C)c1ncnc2c1N=CC2. The normalized spacial score (nSPS) is 25.4. The number of nitrogens with zero attached hydrogens (tertiary/aromatic N) is 6. The third kappa shape index (κ3) is 3.07. The molecule has 7 nitrogen and oxygen atoms in total. The van der Waals surface area contributed by atoms with E-state index in [1.807, 2.05) is 27.8 Å². The molecule has 1 aromatic heterocycles. The van der Waals surface area contributed by atoms with Crippen LogP contribution < -0.4 is 4.90 Å². The summed E-state index contributed by atoms with van der Waals surface area (Å²) >= 11 is 1.83. The lowest BCUT2D eigenvalue weighted by Gasteiger charge is -2.43. The van der Waals surface area contributed by atoms with Crippen molar-refractivity contribution in [3.05, 3.63) is 12.0 Å². The zero-order chi connectivity index (χ0) is 17.4. The first-order valence-electron chi connectivity index (χ1n) is 8.86. The van der Waals surface area contributed by atoms with Gasteiger partial charge >= 0.3 is 6.03 Å². The van der Waals surface area contributed by atoms with Crippen molar-refractivity contribution >= 4 is 35.5 Å². The third-order valence-electron chi connectivity index (χ3n) is 5.43. The maximum Gasteiger partial charge on any atom is 0.320 e. The molecule has 0 radical (unpaired) electrons. The van der Waals surface area contributed by atoms with Crippen molar-refractivity contribution in [2.45, 2.75) is 25.8 Å². The highest BCUT2D eigenvalue weighted by molar-refractivity contribution is 7.99. The minimum atomic E-state index is 0.182. The van der Waals surface area contributed by atoms with Gasteiger partial charge in [0, 0.05) is 45.1 Å². The van der Waals surface area contributed by atoms with Crippen LogP contribution in [-0.2, 0) is 6.42 Å². The van der Waals surface area contributed by atoms with Crippen LogP contribution in [0.25, 0.3) is 0 Å². The number of piperidine rings is 1. The van der Waals surface area contributed by atoms with Crippen LogP contribution in [-0.4, -0.2) is 76.4 Å². The van der Waals surface area contributed by atoms with Gasteiger partial charge in [-0.15, -0.1) is 11.8 Å². The molecule has 0 bridgehead atoms. The van der Waals surface area contributed by atoms with Crippen LogP contribution in [0.1, 0.15) is 19.0 Å². The fourth-order valence-corrected chi connectivity index (χ4v) is 4.76. The minimum Gasteiger partial charge on any atom is -0.353 e. The number of fused-ring (bicyclic) bond motifs is 1. The van der Waals surface area contributed by atoms with Crippen molar-refractivity contribution in [1.82, 2.24) is 19.8 Å². The number of hydrogen-bond acceptors (Lipinski definition) is 6. The highest BCUT2D eigenvalue weighted by atomic mass is 32.2. The summed E-state index contributed by atoms with van der Waals surface area (Å²) in [7, 11) is 2.07. The minimum absolute atomic E-state index is 0.182. The summed E-state index contributed by atoms with van der Waals surface area (Å²) in [4.78, 5) is 32.2. The highest BCUT2D eigenvalue weighted by Crippen LogP contribution is 2.34. The number of anilines is 1. The van der Waals surface area contributed by atoms with Gasteiger partial charge in [-0.25, -0.2) is 14.8 Å². The van der Waals surface area contributed by atoms with Gasteiger partial charge in [0.25, 0.3) is 0 Å². The number of likely N-dealkylation sites (N-methyl/N-ethyl adjacent to an activating group) is 1. The van der Waals surface area contributed by atoms with E-state index < -0.39 is 0 Å². The maximum absolute atomic E-state index is 12.8. The molecule has 0 saturated carbocycles. The first kappa shape index (κ1) is 16.6. The van der Waals surface area contributed by atoms with Gasteiger partial charge in [0.1, 0.15) is 12.0 Å². The Morgan fingerprint density at radius 2 is 2.20 bits per heavy atom. The molecule has 0 spiro atoms. The molecule has 8 heteroatoms. The summed E-state index contributed by atoms with van der Waals surface area (Å²) in [5.74, 6) is 3.24. The van der Waals surface area contributed by atoms with Crippen LogP contribution in [0, 0.1) is 5.92 Å². The van der Waals surface area contributed by atoms with Crippen LogP contribution in [0.5, 0.6) is 0 Å². The van der Waals surface area contributed by atoms with E-state index in [2.05, 4.69) is 33.8 Å². The van der Waals surface area contributed by atoms with E-state index in [1.165, 1.54) is 0 Å². The van der Waals surface area contributed by atoms with Crippen molar-refractivity contribution in [2.75, 3.05) is 43.2 Å². The van der Waals surface area contributed by atoms with Gasteiger partial charge in [0.2, 0.25) is 0 Å². The molecule has 2 unspecified atom stereocenters. The van der Waals surface area contributed by atoms with Gasteiger partial charge in [0.15, 0.2) is 5.82 Å². The Balaban J connectivity index is 1.53. The number of hydrogen-bond donors (Lipinski definition) is 0. The number of carbonyl (C=O) groups is 1. The van der Waals surface area contributed by atoms with E-state index in [9.17, 15) is 4.79 Å². The Labute approximate surface area is 152 Å². The van der Waals surface area contributed by atoms with E-state index in [-0.39, 0.29) is 12.1 Å². The summed E-state index contributed by atoms with van der Waals surface area (Å²) in [5.41, 5.74) is 1.87. The van der Waals surface area contributed by atoms with Gasteiger partial charge in [-0.2, -0.15) is 0 Å². The fourth-order valence-electron chi connectivity index (χ4n) is 3.82. The first-order valence-corrected chi connectivity index (χ1v) is 10.0. The molecule has 2 atom stereocenters. The second-order valence-corrected chi connectivity index (χ2v) is 8.06. The zero-order valence-electron chi connectivity index (χ0n) is 14.8. The van der Waals surface area contributed by atoms with Gasteiger partial charge in [-0.3, -0.25) is 4.99 Å². The van der Waals surface area contributed by atoms with E-state index in [0.717, 1.165) is 61.3 Å². The smallest absolute Gasteiger partial charge is 0.320 e. The van der Waals surface area contributed by atoms with Crippen molar-refractivity contribution < 1.29 is 4.79 Å². The second kappa shape index (κ2) is 6.82. The van der Waals surface area contributed by atoms with Crippen LogP contribution in [0.3, 0.4) is 0 Å². The predicted molar refractivity (Wildman–Crippen MR) is 101 cm³/mol. The topological polar surface area (TPSA) is 64.9 Å². The van der Waals surface area contributed by atoms with Gasteiger partial charge in [-0.05, 0) is 12.3 Å². The molecule has 4 rings (SSSR count). The molecular formula is C17H24N6OS. The van der Waals surface area contributed by atoms with Gasteiger partial charge in [-0.1, -0.05) is 6.92 Å². The molecular weight excluding hydrogens is 336 g/mol. The van der Waals surface area contributed by atoms with Crippen molar-refractivity contribution in [3.8, 4) is 0 Å². The molecule has 2 saturated heterocycles. The van der Waals surface area contributed by atoms with E-state index >= 15 is 0 Å². The molecule has 2 fully saturated rings. The predicted octanol–water partition coefficient (Wildman–Crippen LogP) is 2.01. The molecule has 3 aliphatic rings. The van der Waals surface area contributed by atoms with Crippen LogP contribution in [0.2, 0.25) is 0 Å². The summed E-state index contributed by atoms with van der Waals surface area (Å²) in [6.45, 7) is 4.70. The molecule has 25 heavy (non-hydrogen) atoms. The summed E-state index contributed by atoms with van der Waals surface area (Å²) in [6, 6.07) is 0.420. The molecule has 134 valence electrons. The lowest BCUT2D eigenvalue weighted by molar-refractivity contribution is 0.135. The van der Waals surface area contributed by atoms with E-state index in [0.29, 0.717) is 5.92 Å². The van der Waals surface area contributed by atoms with Gasteiger partial charge < -0.3 is 14.7 Å². The standard InChI is InChI=1S/C17H24N6OS/c1-12-4-6-22(17(24)23-7-8-25-11-23)9-14(12)21(2)16-15-13(3-5-18-15)19-10-20-16/h5,10,12,14H,3-4,6-9,11H2,1-2H3. The molecule has 3 aliphatic heterocycles. The summed E-state index contributed by atoms with van der Waals surface area (Å²) < 4.78 is 0. The molecule has 0 aliphatic carbocycles. The van der Waals surface area contributed by atoms with Crippen LogP contribution >= 0.6 is 11.8 Å². The monoisotopic (exact) mass is 360 g/mol. The number of amides is 2. The number of likely N-dealkylation sites (tertiary alicyclic amines) is 1. The number of aromatic nitrogens is 2. The number of rotatable bonds is 2. The van der Waals surface area contributed by atoms with Crippen LogP contribution in [0.15, 0.2) is 11.3 Å². The average molecular weight is 360 g/mol. The molecule has 2 amide bonds. The van der Waals surface area contributed by atoms with E-state index in [1.54, 1.807) is 6.33 Å². The maximum atomic E-state index is 12.8. The molecule has 1 aromatic rings. The first-order chi connectivity index (χ1) is 12.1. The molecule has 0 aromatic carbocycles. The zero-order valence-corrected chi connectivity index (χ0v) is 15.6. The largest absolute Gasteiger partial charge is 0.353 e. The number of urea groups is 1. The highest BCUT2D eigenvalue weighted by Gasteiger charge is 2.35. The Kier molecular flexibility index (Phi) is 4.54. The Morgan fingerprint density at radius 3 is 3.00 bits per heavy atom. The second-order valence-electron chi connectivity index (χ2n) is 6.98. The number of aliphatic imine (C=N–C) groups is 1. The average Bonchev–Trinajstić information content (AvgIpc) is 3.32. The van der Waals surface area contributed by atoms with E-state index in [4.69, 9.17) is 0 Å². The summed E-state index contributed by atoms with van der Waals surface area (Å²) in [6.07, 6.45) is 5.30. The number of thioether (sulfide) groups is 1. The third-order valence-corrected chi connectivity index (χ3v) is 6.39. The molecule has 4 heterocycles. The lowest BCUT2D eigenvalue weighted by atomic mass is 9.92. The lowest BCUT2D eigenvalue weighted by Crippen LogP contribution is -2.55. The summed E-state index contributed by atoms with van der Waals surface area (Å²) in [5, 5.41) is 0. The quantitative estimate of drug-likeness (QED) is 0.807. The Morgan fingerprint density at radius 1 is 1.32 bits per heavy atom. The fraction of sp³-hybridized carbons (Fsp3) is 0.647. The van der Waals surface area contributed by atoms with Crippen molar-refractivity contribution in [2.24, 2.45) is 10.9 Å². The number of carbonyl (C=O) groups excluding carboxylic acids is 1. The van der Waals surface area contributed by atoms with Crippen molar-refractivity contribution in [3.63, 3.8) is 0 Å².